The molecule has 0 bridgehead atoms. The van der Waals surface area contributed by atoms with E-state index in [1.807, 2.05) is 29.2 Å². The number of rotatable bonds is 1. The molecule has 0 saturated carbocycles. The number of hydrogen-bond acceptors (Lipinski definition) is 2. The molecule has 0 fully saturated rings. The predicted molar refractivity (Wildman–Crippen MR) is 81.7 cm³/mol. The molecule has 0 aliphatic carbocycles. The molecule has 1 aromatic heterocycles. The highest BCUT2D eigenvalue weighted by atomic mass is 15.0. The molecule has 0 spiro atoms. The Labute approximate surface area is 117 Å². The summed E-state index contributed by atoms with van der Waals surface area (Å²) in [6.07, 6.45) is 7.79. The monoisotopic (exact) mass is 259 g/mol. The smallest absolute Gasteiger partial charge is 0.0991 e. The predicted octanol–water partition coefficient (Wildman–Crippen LogP) is 3.99. The number of nitrogens with one attached hydrogen (secondary N) is 1. The van der Waals surface area contributed by atoms with Crippen LogP contribution in [-0.2, 0) is 0 Å². The quantitative estimate of drug-likeness (QED) is 0.560. The third-order valence-electron chi connectivity index (χ3n) is 3.51. The Bertz CT molecular complexity index is 786. The van der Waals surface area contributed by atoms with Crippen LogP contribution in [0.3, 0.4) is 0 Å². The van der Waals surface area contributed by atoms with Gasteiger partial charge in [0.05, 0.1) is 12.0 Å². The van der Waals surface area contributed by atoms with Crippen molar-refractivity contribution in [2.45, 2.75) is 0 Å². The van der Waals surface area contributed by atoms with Crippen LogP contribution in [0.15, 0.2) is 67.3 Å². The summed E-state index contributed by atoms with van der Waals surface area (Å²) in [6, 6.07) is 16.6. The second kappa shape index (κ2) is 4.38. The fourth-order valence-corrected chi connectivity index (χ4v) is 2.54. The first-order valence-electron chi connectivity index (χ1n) is 6.57. The third-order valence-corrected chi connectivity index (χ3v) is 3.51. The summed E-state index contributed by atoms with van der Waals surface area (Å²) in [7, 11) is 0. The van der Waals surface area contributed by atoms with Gasteiger partial charge in [0.15, 0.2) is 0 Å². The molecule has 4 rings (SSSR count). The molecular formula is C17H13N3. The number of fused-ring (bicyclic) bond motifs is 2. The molecule has 1 aliphatic heterocycles. The van der Waals surface area contributed by atoms with Crippen LogP contribution in [0.1, 0.15) is 11.1 Å². The van der Waals surface area contributed by atoms with Gasteiger partial charge in [0, 0.05) is 34.9 Å². The van der Waals surface area contributed by atoms with E-state index in [1.165, 1.54) is 11.1 Å². The lowest BCUT2D eigenvalue weighted by Crippen LogP contribution is -1.98. The van der Waals surface area contributed by atoms with Crippen molar-refractivity contribution < 1.29 is 0 Å². The molecule has 1 aliphatic rings. The summed E-state index contributed by atoms with van der Waals surface area (Å²) in [5, 5.41) is 3.51. The maximum absolute atomic E-state index is 4.16. The van der Waals surface area contributed by atoms with Gasteiger partial charge >= 0.3 is 0 Å². The van der Waals surface area contributed by atoms with Crippen molar-refractivity contribution in [1.29, 1.82) is 0 Å². The highest BCUT2D eigenvalue weighted by molar-refractivity contribution is 5.94. The maximum Gasteiger partial charge on any atom is 0.0991 e. The normalized spacial score (nSPS) is 12.7. The summed E-state index contributed by atoms with van der Waals surface area (Å²) >= 11 is 0. The fraction of sp³-hybridized carbons (Fsp3) is 0. The van der Waals surface area contributed by atoms with Crippen molar-refractivity contribution in [1.82, 2.24) is 9.55 Å². The van der Waals surface area contributed by atoms with Gasteiger partial charge in [-0.15, -0.1) is 0 Å². The molecule has 20 heavy (non-hydrogen) atoms. The summed E-state index contributed by atoms with van der Waals surface area (Å²) in [6.45, 7) is 0. The molecular weight excluding hydrogens is 246 g/mol. The van der Waals surface area contributed by atoms with Crippen molar-refractivity contribution in [3.8, 4) is 0 Å². The Hall–Kier alpha value is -2.81. The molecule has 3 nitrogen and oxygen atoms in total. The van der Waals surface area contributed by atoms with Crippen LogP contribution in [0.25, 0.3) is 11.8 Å². The first-order valence-corrected chi connectivity index (χ1v) is 6.57. The third kappa shape index (κ3) is 1.72. The van der Waals surface area contributed by atoms with E-state index in [1.54, 1.807) is 6.20 Å². The van der Waals surface area contributed by atoms with Crippen LogP contribution in [0.4, 0.5) is 11.4 Å². The zero-order valence-corrected chi connectivity index (χ0v) is 10.8. The van der Waals surface area contributed by atoms with E-state index >= 15 is 0 Å². The lowest BCUT2D eigenvalue weighted by molar-refractivity contribution is 1.10. The number of imidazole rings is 1. The molecule has 96 valence electrons. The van der Waals surface area contributed by atoms with Crippen molar-refractivity contribution in [2.75, 3.05) is 5.32 Å². The second-order valence-corrected chi connectivity index (χ2v) is 4.76. The minimum atomic E-state index is 1.11. The highest BCUT2D eigenvalue weighted by Crippen LogP contribution is 2.35. The Morgan fingerprint density at radius 3 is 2.55 bits per heavy atom. The van der Waals surface area contributed by atoms with Crippen molar-refractivity contribution in [2.24, 2.45) is 0 Å². The van der Waals surface area contributed by atoms with Crippen LogP contribution in [0.2, 0.25) is 0 Å². The first-order chi connectivity index (χ1) is 9.92. The van der Waals surface area contributed by atoms with E-state index in [9.17, 15) is 0 Å². The minimum Gasteiger partial charge on any atom is -0.354 e. The Morgan fingerprint density at radius 1 is 0.900 bits per heavy atom. The molecule has 2 aromatic carbocycles. The number of anilines is 2. The van der Waals surface area contributed by atoms with Crippen LogP contribution in [0.5, 0.6) is 0 Å². The van der Waals surface area contributed by atoms with E-state index in [0.29, 0.717) is 0 Å². The summed E-state index contributed by atoms with van der Waals surface area (Å²) < 4.78 is 2.04. The van der Waals surface area contributed by atoms with Gasteiger partial charge < -0.3 is 9.88 Å². The summed E-state index contributed by atoms with van der Waals surface area (Å²) in [5.41, 5.74) is 5.69. The largest absolute Gasteiger partial charge is 0.354 e. The lowest BCUT2D eigenvalue weighted by Gasteiger charge is -2.12. The summed E-state index contributed by atoms with van der Waals surface area (Å²) in [5.74, 6) is 0. The van der Waals surface area contributed by atoms with E-state index in [4.69, 9.17) is 0 Å². The lowest BCUT2D eigenvalue weighted by atomic mass is 10.1. The Morgan fingerprint density at radius 2 is 1.70 bits per heavy atom. The molecule has 2 heterocycles. The van der Waals surface area contributed by atoms with Crippen LogP contribution >= 0.6 is 0 Å². The molecule has 1 N–H and O–H groups in total. The van der Waals surface area contributed by atoms with Gasteiger partial charge in [-0.25, -0.2) is 4.98 Å². The average molecular weight is 259 g/mol. The molecule has 3 heteroatoms. The van der Waals surface area contributed by atoms with Gasteiger partial charge in [0.25, 0.3) is 0 Å². The summed E-state index contributed by atoms with van der Waals surface area (Å²) in [4.78, 5) is 4.16. The van der Waals surface area contributed by atoms with Crippen molar-refractivity contribution in [3.63, 3.8) is 0 Å². The van der Waals surface area contributed by atoms with Gasteiger partial charge in [-0.3, -0.25) is 0 Å². The average Bonchev–Trinajstić information content (AvgIpc) is 2.96. The van der Waals surface area contributed by atoms with Gasteiger partial charge in [-0.2, -0.15) is 0 Å². The molecule has 0 saturated heterocycles. The van der Waals surface area contributed by atoms with Crippen LogP contribution < -0.4 is 5.32 Å². The molecule has 0 unspecified atom stereocenters. The Balaban J connectivity index is 2.01. The SMILES string of the molecule is C1=C(n2ccnc2)c2ccccc2Nc2ccccc21. The van der Waals surface area contributed by atoms with Crippen LogP contribution in [-0.4, -0.2) is 9.55 Å². The molecule has 0 atom stereocenters. The van der Waals surface area contributed by atoms with E-state index < -0.39 is 0 Å². The van der Waals surface area contributed by atoms with Crippen LogP contribution in [0, 0.1) is 0 Å². The number of nitrogens with zero attached hydrogens (tertiary/aromatic N) is 2. The number of aromatic nitrogens is 2. The molecule has 0 amide bonds. The van der Waals surface area contributed by atoms with Crippen molar-refractivity contribution >= 4 is 23.1 Å². The molecule has 3 aromatic rings. The highest BCUT2D eigenvalue weighted by Gasteiger charge is 2.14. The number of hydrogen-bond donors (Lipinski definition) is 1. The van der Waals surface area contributed by atoms with E-state index in [0.717, 1.165) is 17.1 Å². The van der Waals surface area contributed by atoms with E-state index in [-0.39, 0.29) is 0 Å². The zero-order valence-electron chi connectivity index (χ0n) is 10.8. The van der Waals surface area contributed by atoms with E-state index in [2.05, 4.69) is 52.8 Å². The number of benzene rings is 2. The Kier molecular flexibility index (Phi) is 2.42. The second-order valence-electron chi connectivity index (χ2n) is 4.76. The minimum absolute atomic E-state index is 1.11. The van der Waals surface area contributed by atoms with Crippen molar-refractivity contribution in [3.05, 3.63) is 78.4 Å². The maximum atomic E-state index is 4.16. The molecule has 0 radical (unpaired) electrons. The fourth-order valence-electron chi connectivity index (χ4n) is 2.54. The van der Waals surface area contributed by atoms with Gasteiger partial charge in [0.1, 0.15) is 0 Å². The van der Waals surface area contributed by atoms with Gasteiger partial charge in [0.2, 0.25) is 0 Å². The number of para-hydroxylation sites is 2. The standard InChI is InChI=1S/C17H13N3/c1-3-7-15-13(5-1)11-17(20-10-9-18-12-20)14-6-2-4-8-16(14)19-15/h1-12,19H. The zero-order chi connectivity index (χ0) is 13.4. The first kappa shape index (κ1) is 11.1. The van der Waals surface area contributed by atoms with Gasteiger partial charge in [-0.05, 0) is 18.2 Å². The topological polar surface area (TPSA) is 29.9 Å². The van der Waals surface area contributed by atoms with Gasteiger partial charge in [-0.1, -0.05) is 36.4 Å².